The predicted molar refractivity (Wildman–Crippen MR) is 97.9 cm³/mol. The van der Waals surface area contributed by atoms with Crippen molar-refractivity contribution in [3.63, 3.8) is 0 Å². The normalized spacial score (nSPS) is 17.3. The molecule has 0 bridgehead atoms. The largest absolute Gasteiger partial charge is 0.461 e. The van der Waals surface area contributed by atoms with Gasteiger partial charge in [0.2, 0.25) is 0 Å². The monoisotopic (exact) mass is 426 g/mol. The lowest BCUT2D eigenvalue weighted by Crippen LogP contribution is -2.25. The molecular formula is C17H17F3N6O2S. The first-order valence-corrected chi connectivity index (χ1v) is 9.86. The lowest BCUT2D eigenvalue weighted by atomic mass is 10.2. The summed E-state index contributed by atoms with van der Waals surface area (Å²) in [4.78, 5) is 25.9. The van der Waals surface area contributed by atoms with E-state index in [9.17, 15) is 18.0 Å². The van der Waals surface area contributed by atoms with Crippen molar-refractivity contribution in [2.24, 2.45) is 0 Å². The molecule has 29 heavy (non-hydrogen) atoms. The second kappa shape index (κ2) is 7.25. The van der Waals surface area contributed by atoms with Gasteiger partial charge in [0.15, 0.2) is 5.69 Å². The number of rotatable bonds is 4. The van der Waals surface area contributed by atoms with Gasteiger partial charge >= 0.3 is 12.1 Å². The van der Waals surface area contributed by atoms with Crippen LogP contribution < -0.4 is 4.90 Å². The van der Waals surface area contributed by atoms with Crippen molar-refractivity contribution in [2.75, 3.05) is 18.1 Å². The topological polar surface area (TPSA) is 85.5 Å². The van der Waals surface area contributed by atoms with Crippen molar-refractivity contribution >= 4 is 28.9 Å². The van der Waals surface area contributed by atoms with E-state index in [0.29, 0.717) is 23.1 Å². The van der Waals surface area contributed by atoms with Crippen LogP contribution in [0.15, 0.2) is 11.4 Å². The molecular weight excluding hydrogens is 409 g/mol. The Morgan fingerprint density at radius 2 is 2.14 bits per heavy atom. The fraction of sp³-hybridized carbons (Fsp3) is 0.471. The lowest BCUT2D eigenvalue weighted by molar-refractivity contribution is -0.144. The Bertz CT molecular complexity index is 1060. The zero-order valence-electron chi connectivity index (χ0n) is 15.6. The molecule has 0 radical (unpaired) electrons. The van der Waals surface area contributed by atoms with Crippen LogP contribution in [0.1, 0.15) is 52.8 Å². The number of nitrogens with zero attached hydrogens (tertiary/aromatic N) is 6. The van der Waals surface area contributed by atoms with Crippen LogP contribution in [0.25, 0.3) is 5.78 Å². The van der Waals surface area contributed by atoms with Gasteiger partial charge < -0.3 is 9.64 Å². The smallest absolute Gasteiger partial charge is 0.453 e. The molecule has 8 nitrogen and oxygen atoms in total. The van der Waals surface area contributed by atoms with Crippen LogP contribution in [0, 0.1) is 6.92 Å². The number of fused-ring (bicyclic) bond motifs is 1. The summed E-state index contributed by atoms with van der Waals surface area (Å²) in [5, 5.41) is 5.97. The molecule has 3 aromatic heterocycles. The Hall–Kier alpha value is -2.76. The van der Waals surface area contributed by atoms with Crippen molar-refractivity contribution in [3.8, 4) is 0 Å². The van der Waals surface area contributed by atoms with Gasteiger partial charge in [-0.1, -0.05) is 0 Å². The average molecular weight is 426 g/mol. The van der Waals surface area contributed by atoms with E-state index in [0.717, 1.165) is 17.4 Å². The Balaban J connectivity index is 1.73. The molecule has 3 aromatic rings. The van der Waals surface area contributed by atoms with E-state index in [1.807, 2.05) is 4.90 Å². The Morgan fingerprint density at radius 3 is 2.86 bits per heavy atom. The van der Waals surface area contributed by atoms with Gasteiger partial charge in [-0.15, -0.1) is 16.4 Å². The van der Waals surface area contributed by atoms with Crippen LogP contribution in [0.4, 0.5) is 19.0 Å². The number of ether oxygens (including phenoxy) is 1. The molecule has 1 saturated heterocycles. The number of carbonyl (C=O) groups excluding carboxylic acids is 1. The number of alkyl halides is 3. The molecule has 4 heterocycles. The number of anilines is 1. The lowest BCUT2D eigenvalue weighted by Gasteiger charge is -2.25. The number of aromatic nitrogens is 5. The van der Waals surface area contributed by atoms with Gasteiger partial charge in [0.25, 0.3) is 11.6 Å². The van der Waals surface area contributed by atoms with Gasteiger partial charge in [0, 0.05) is 23.7 Å². The number of esters is 1. The second-order valence-corrected chi connectivity index (χ2v) is 7.43. The number of carbonyl (C=O) groups is 1. The zero-order valence-corrected chi connectivity index (χ0v) is 16.4. The molecule has 1 fully saturated rings. The molecule has 1 aliphatic rings. The fourth-order valence-electron chi connectivity index (χ4n) is 3.33. The molecule has 12 heteroatoms. The summed E-state index contributed by atoms with van der Waals surface area (Å²) in [6, 6.07) is 1.49. The molecule has 1 aliphatic heterocycles. The average Bonchev–Trinajstić information content (AvgIpc) is 3.38. The Morgan fingerprint density at radius 1 is 1.34 bits per heavy atom. The summed E-state index contributed by atoms with van der Waals surface area (Å²) in [5.41, 5.74) is 0.764. The highest BCUT2D eigenvalue weighted by atomic mass is 32.1. The minimum Gasteiger partial charge on any atom is -0.461 e. The number of thiazole rings is 1. The minimum atomic E-state index is -4.66. The maximum absolute atomic E-state index is 13.1. The van der Waals surface area contributed by atoms with Crippen molar-refractivity contribution < 1.29 is 22.7 Å². The van der Waals surface area contributed by atoms with Gasteiger partial charge in [-0.2, -0.15) is 22.7 Å². The van der Waals surface area contributed by atoms with Gasteiger partial charge in [0.1, 0.15) is 10.8 Å². The number of aryl methyl sites for hydroxylation is 1. The van der Waals surface area contributed by atoms with Crippen LogP contribution in [-0.2, 0) is 10.9 Å². The van der Waals surface area contributed by atoms with Gasteiger partial charge in [-0.05, 0) is 26.7 Å². The molecule has 0 amide bonds. The van der Waals surface area contributed by atoms with E-state index in [1.54, 1.807) is 25.3 Å². The highest BCUT2D eigenvalue weighted by Gasteiger charge is 2.38. The molecule has 4 rings (SSSR count). The van der Waals surface area contributed by atoms with E-state index < -0.39 is 18.0 Å². The summed E-state index contributed by atoms with van der Waals surface area (Å²) in [6.45, 7) is 4.27. The maximum Gasteiger partial charge on any atom is 0.453 e. The molecule has 0 aromatic carbocycles. The molecule has 0 saturated carbocycles. The SMILES string of the molecule is CCOC(=O)c1csc(C2CCCN2c2cc(C)nc3nc(C(F)(F)F)nn23)n1. The summed E-state index contributed by atoms with van der Waals surface area (Å²) >= 11 is 1.32. The molecule has 1 atom stereocenters. The van der Waals surface area contributed by atoms with Crippen LogP contribution in [-0.4, -0.2) is 43.7 Å². The summed E-state index contributed by atoms with van der Waals surface area (Å²) in [6.07, 6.45) is -3.09. The van der Waals surface area contributed by atoms with Crippen LogP contribution in [0.3, 0.4) is 0 Å². The predicted octanol–water partition coefficient (Wildman–Crippen LogP) is 3.43. The maximum atomic E-state index is 13.1. The number of hydrogen-bond donors (Lipinski definition) is 0. The highest BCUT2D eigenvalue weighted by molar-refractivity contribution is 7.10. The number of hydrogen-bond acceptors (Lipinski definition) is 8. The molecule has 154 valence electrons. The standard InChI is InChI=1S/C17H17F3N6O2S/c1-3-28-14(27)10-8-29-13(22-10)11-5-4-6-25(11)12-7-9(2)21-16-23-15(17(18,19)20)24-26(12)16/h7-8,11H,3-6H2,1-2H3. The van der Waals surface area contributed by atoms with Gasteiger partial charge in [0.05, 0.1) is 12.6 Å². The first-order chi connectivity index (χ1) is 13.8. The molecule has 0 N–H and O–H groups in total. The first kappa shape index (κ1) is 19.6. The van der Waals surface area contributed by atoms with Crippen molar-refractivity contribution in [1.82, 2.24) is 24.6 Å². The van der Waals surface area contributed by atoms with Crippen molar-refractivity contribution in [1.29, 1.82) is 0 Å². The quantitative estimate of drug-likeness (QED) is 0.591. The van der Waals surface area contributed by atoms with Crippen LogP contribution in [0.5, 0.6) is 0 Å². The van der Waals surface area contributed by atoms with E-state index in [4.69, 9.17) is 4.74 Å². The highest BCUT2D eigenvalue weighted by Crippen LogP contribution is 2.38. The third-order valence-corrected chi connectivity index (χ3v) is 5.46. The van der Waals surface area contributed by atoms with Crippen LogP contribution >= 0.6 is 11.3 Å². The summed E-state index contributed by atoms with van der Waals surface area (Å²) < 4.78 is 45.4. The third-order valence-electron chi connectivity index (χ3n) is 4.51. The van der Waals surface area contributed by atoms with E-state index in [2.05, 4.69) is 20.1 Å². The van der Waals surface area contributed by atoms with Gasteiger partial charge in [-0.3, -0.25) is 0 Å². The summed E-state index contributed by atoms with van der Waals surface area (Å²) in [7, 11) is 0. The molecule has 0 spiro atoms. The van der Waals surface area contributed by atoms with E-state index >= 15 is 0 Å². The van der Waals surface area contributed by atoms with Crippen molar-refractivity contribution in [2.45, 2.75) is 38.9 Å². The van der Waals surface area contributed by atoms with E-state index in [-0.39, 0.29) is 24.1 Å². The third kappa shape index (κ3) is 3.63. The first-order valence-electron chi connectivity index (χ1n) is 8.98. The van der Waals surface area contributed by atoms with Crippen molar-refractivity contribution in [3.05, 3.63) is 33.7 Å². The Kier molecular flexibility index (Phi) is 4.89. The second-order valence-electron chi connectivity index (χ2n) is 6.54. The minimum absolute atomic E-state index is 0.107. The fourth-order valence-corrected chi connectivity index (χ4v) is 4.26. The van der Waals surface area contributed by atoms with Crippen LogP contribution in [0.2, 0.25) is 0 Å². The summed E-state index contributed by atoms with van der Waals surface area (Å²) in [5.74, 6) is -1.37. The van der Waals surface area contributed by atoms with Gasteiger partial charge in [-0.25, -0.2) is 14.8 Å². The van der Waals surface area contributed by atoms with E-state index in [1.165, 1.54) is 11.3 Å². The Labute approximate surface area is 167 Å². The molecule has 1 unspecified atom stereocenters. The zero-order chi connectivity index (χ0) is 20.8. The number of halogens is 3. The molecule has 0 aliphatic carbocycles.